The summed E-state index contributed by atoms with van der Waals surface area (Å²) < 4.78 is 44.7. The Morgan fingerprint density at radius 3 is 2.03 bits per heavy atom. The fourth-order valence-corrected chi connectivity index (χ4v) is 4.07. The molecule has 1 aliphatic carbocycles. The number of amides is 1. The van der Waals surface area contributed by atoms with Crippen LogP contribution in [-0.4, -0.2) is 65.2 Å². The van der Waals surface area contributed by atoms with Crippen LogP contribution in [0.4, 0.5) is 23.5 Å². The van der Waals surface area contributed by atoms with E-state index in [1.54, 1.807) is 4.90 Å². The summed E-state index contributed by atoms with van der Waals surface area (Å²) in [6.45, 7) is 1.87. The summed E-state index contributed by atoms with van der Waals surface area (Å²) in [6, 6.07) is 0. The highest BCUT2D eigenvalue weighted by molar-refractivity contribution is 5.75. The Morgan fingerprint density at radius 1 is 1.13 bits per heavy atom. The van der Waals surface area contributed by atoms with Crippen LogP contribution >= 0.6 is 0 Å². The second-order valence-electron chi connectivity index (χ2n) is 8.43. The zero-order chi connectivity index (χ0) is 23.2. The van der Waals surface area contributed by atoms with Gasteiger partial charge in [0, 0.05) is 33.6 Å². The monoisotopic (exact) mass is 448 g/mol. The van der Waals surface area contributed by atoms with E-state index in [9.17, 15) is 22.4 Å². The highest BCUT2D eigenvalue weighted by Gasteiger charge is 2.39. The van der Waals surface area contributed by atoms with Crippen LogP contribution in [0.25, 0.3) is 0 Å². The molecule has 1 aliphatic heterocycles. The zero-order valence-electron chi connectivity index (χ0n) is 17.7. The summed E-state index contributed by atoms with van der Waals surface area (Å²) in [5.74, 6) is -1.72. The molecule has 11 heteroatoms. The molecule has 0 aromatic carbocycles. The molecule has 1 aromatic rings. The van der Waals surface area contributed by atoms with Gasteiger partial charge in [-0.05, 0) is 49.9 Å². The van der Waals surface area contributed by atoms with Gasteiger partial charge in [0.15, 0.2) is 5.82 Å². The van der Waals surface area contributed by atoms with Crippen LogP contribution < -0.4 is 4.90 Å². The molecule has 1 saturated carbocycles. The Kier molecular flexibility index (Phi) is 8.19. The fourth-order valence-electron chi connectivity index (χ4n) is 4.07. The van der Waals surface area contributed by atoms with Gasteiger partial charge in [0.05, 0.1) is 12.4 Å². The minimum atomic E-state index is -5.08. The predicted molar refractivity (Wildman–Crippen MR) is 105 cm³/mol. The molecule has 1 amide bonds. The van der Waals surface area contributed by atoms with Gasteiger partial charge in [0.2, 0.25) is 11.9 Å². The van der Waals surface area contributed by atoms with Crippen molar-refractivity contribution >= 4 is 17.8 Å². The van der Waals surface area contributed by atoms with Gasteiger partial charge >= 0.3 is 12.1 Å². The minimum absolute atomic E-state index is 0.249. The molecule has 31 heavy (non-hydrogen) atoms. The van der Waals surface area contributed by atoms with E-state index in [1.807, 2.05) is 14.1 Å². The Morgan fingerprint density at radius 2 is 1.61 bits per heavy atom. The van der Waals surface area contributed by atoms with E-state index in [-0.39, 0.29) is 5.91 Å². The molecule has 7 nitrogen and oxygen atoms in total. The molecule has 2 fully saturated rings. The van der Waals surface area contributed by atoms with Gasteiger partial charge in [0.25, 0.3) is 0 Å². The van der Waals surface area contributed by atoms with E-state index in [2.05, 4.69) is 14.9 Å². The van der Waals surface area contributed by atoms with Crippen LogP contribution in [-0.2, 0) is 9.59 Å². The molecule has 2 aliphatic rings. The number of carboxylic acids is 1. The maximum Gasteiger partial charge on any atom is 0.490 e. The minimum Gasteiger partial charge on any atom is -0.475 e. The molecule has 0 unspecified atom stereocenters. The van der Waals surface area contributed by atoms with E-state index in [1.165, 1.54) is 25.2 Å². The number of hydrogen-bond donors (Lipinski definition) is 1. The van der Waals surface area contributed by atoms with Crippen molar-refractivity contribution in [3.63, 3.8) is 0 Å². The molecule has 3 rings (SSSR count). The van der Waals surface area contributed by atoms with Crippen molar-refractivity contribution in [2.45, 2.75) is 51.1 Å². The summed E-state index contributed by atoms with van der Waals surface area (Å²) in [7, 11) is 3.67. The predicted octanol–water partition coefficient (Wildman–Crippen LogP) is 3.50. The first-order chi connectivity index (χ1) is 14.4. The molecule has 0 bridgehead atoms. The standard InChI is InChI=1S/C18H27FN4O.C2HF3O2/c1-22(2)16(24)11-14-3-5-18(6-4-14)7-9-23(10-8-18)17-20-12-15(19)13-21-17;3-2(4,5)1(6)7/h12-14H,3-11H2,1-2H3;(H,6,7). The number of halogens is 4. The number of carbonyl (C=O) groups is 2. The van der Waals surface area contributed by atoms with Gasteiger partial charge in [0.1, 0.15) is 0 Å². The van der Waals surface area contributed by atoms with Crippen molar-refractivity contribution in [1.82, 2.24) is 14.9 Å². The summed E-state index contributed by atoms with van der Waals surface area (Å²) in [5, 5.41) is 7.12. The number of carboxylic acid groups (broad SMARTS) is 1. The molecule has 1 N–H and O–H groups in total. The average Bonchev–Trinajstić information content (AvgIpc) is 2.71. The maximum atomic E-state index is 12.9. The highest BCUT2D eigenvalue weighted by Crippen LogP contribution is 2.47. The number of alkyl halides is 3. The first-order valence-corrected chi connectivity index (χ1v) is 10.1. The van der Waals surface area contributed by atoms with Gasteiger partial charge in [-0.15, -0.1) is 0 Å². The van der Waals surface area contributed by atoms with Crippen molar-refractivity contribution in [2.24, 2.45) is 11.3 Å². The normalized spacial score (nSPS) is 18.8. The maximum absolute atomic E-state index is 12.9. The molecular formula is C20H28F4N4O3. The lowest BCUT2D eigenvalue weighted by molar-refractivity contribution is -0.192. The fraction of sp³-hybridized carbons (Fsp3) is 0.700. The van der Waals surface area contributed by atoms with Crippen LogP contribution in [0, 0.1) is 17.2 Å². The molecule has 0 radical (unpaired) electrons. The first kappa shape index (κ1) is 24.8. The van der Waals surface area contributed by atoms with Gasteiger partial charge < -0.3 is 14.9 Å². The Bertz CT molecular complexity index is 738. The lowest BCUT2D eigenvalue weighted by Gasteiger charge is -2.46. The molecule has 2 heterocycles. The van der Waals surface area contributed by atoms with Crippen LogP contribution in [0.2, 0.25) is 0 Å². The highest BCUT2D eigenvalue weighted by atomic mass is 19.4. The van der Waals surface area contributed by atoms with Gasteiger partial charge in [-0.3, -0.25) is 4.79 Å². The number of hydrogen-bond acceptors (Lipinski definition) is 5. The first-order valence-electron chi connectivity index (χ1n) is 10.1. The average molecular weight is 448 g/mol. The van der Waals surface area contributed by atoms with Crippen molar-refractivity contribution in [3.05, 3.63) is 18.2 Å². The summed E-state index contributed by atoms with van der Waals surface area (Å²) in [5.41, 5.74) is 0.425. The van der Waals surface area contributed by atoms with E-state index < -0.39 is 18.0 Å². The number of rotatable bonds is 3. The number of carbonyl (C=O) groups excluding carboxylic acids is 1. The third-order valence-electron chi connectivity index (χ3n) is 6.08. The summed E-state index contributed by atoms with van der Waals surface area (Å²) in [4.78, 5) is 32.8. The summed E-state index contributed by atoms with van der Waals surface area (Å²) in [6.07, 6.45) is 5.12. The van der Waals surface area contributed by atoms with Crippen LogP contribution in [0.15, 0.2) is 12.4 Å². The SMILES string of the molecule is CN(C)C(=O)CC1CCC2(CC1)CCN(c1ncc(F)cn1)CC2.O=C(O)C(F)(F)F. The molecule has 0 atom stereocenters. The molecule has 1 spiro atoms. The third kappa shape index (κ3) is 7.32. The molecule has 1 saturated heterocycles. The third-order valence-corrected chi connectivity index (χ3v) is 6.08. The van der Waals surface area contributed by atoms with Crippen LogP contribution in [0.3, 0.4) is 0 Å². The Balaban J connectivity index is 0.000000423. The second kappa shape index (κ2) is 10.2. The number of nitrogens with zero attached hydrogens (tertiary/aromatic N) is 4. The van der Waals surface area contributed by atoms with E-state index in [0.717, 1.165) is 38.8 Å². The van der Waals surface area contributed by atoms with Gasteiger partial charge in [-0.1, -0.05) is 0 Å². The van der Waals surface area contributed by atoms with Crippen molar-refractivity contribution in [1.29, 1.82) is 0 Å². The van der Waals surface area contributed by atoms with Crippen LogP contribution in [0.5, 0.6) is 0 Å². The van der Waals surface area contributed by atoms with E-state index >= 15 is 0 Å². The largest absolute Gasteiger partial charge is 0.490 e. The van der Waals surface area contributed by atoms with E-state index in [4.69, 9.17) is 9.90 Å². The molecular weight excluding hydrogens is 420 g/mol. The topological polar surface area (TPSA) is 86.6 Å². The van der Waals surface area contributed by atoms with E-state index in [0.29, 0.717) is 23.7 Å². The second-order valence-corrected chi connectivity index (χ2v) is 8.43. The van der Waals surface area contributed by atoms with Crippen molar-refractivity contribution in [2.75, 3.05) is 32.1 Å². The number of aromatic nitrogens is 2. The Labute approximate surface area is 178 Å². The number of anilines is 1. The van der Waals surface area contributed by atoms with Gasteiger partial charge in [-0.25, -0.2) is 19.2 Å². The van der Waals surface area contributed by atoms with Crippen molar-refractivity contribution < 1.29 is 32.3 Å². The number of aliphatic carboxylic acids is 1. The quantitative estimate of drug-likeness (QED) is 0.713. The van der Waals surface area contributed by atoms with Crippen molar-refractivity contribution in [3.8, 4) is 0 Å². The smallest absolute Gasteiger partial charge is 0.475 e. The molecule has 174 valence electrons. The van der Waals surface area contributed by atoms with Gasteiger partial charge in [-0.2, -0.15) is 13.2 Å². The number of piperidine rings is 1. The molecule has 1 aromatic heterocycles. The van der Waals surface area contributed by atoms with Crippen LogP contribution in [0.1, 0.15) is 44.9 Å². The lowest BCUT2D eigenvalue weighted by atomic mass is 9.65. The summed E-state index contributed by atoms with van der Waals surface area (Å²) >= 11 is 0. The zero-order valence-corrected chi connectivity index (χ0v) is 17.7. The lowest BCUT2D eigenvalue weighted by Crippen LogP contribution is -2.43. The Hall–Kier alpha value is -2.46.